The average molecular weight is 391 g/mol. The monoisotopic (exact) mass is 391 g/mol. The number of rotatable bonds is 6. The Bertz CT molecular complexity index is 916. The second-order valence-corrected chi connectivity index (χ2v) is 7.29. The maximum atomic E-state index is 13.4. The van der Waals surface area contributed by atoms with Gasteiger partial charge in [0.05, 0.1) is 18.7 Å². The van der Waals surface area contributed by atoms with Crippen molar-refractivity contribution in [2.75, 3.05) is 19.7 Å². The molecule has 0 saturated carbocycles. The average Bonchev–Trinajstić information content (AvgIpc) is 3.01. The minimum absolute atomic E-state index is 0.218. The number of carbonyl (C=O) groups excluding carboxylic acids is 2. The summed E-state index contributed by atoms with van der Waals surface area (Å²) in [5, 5.41) is 0. The highest BCUT2D eigenvalue weighted by molar-refractivity contribution is 6.35. The van der Waals surface area contributed by atoms with E-state index in [9.17, 15) is 9.59 Å². The first-order chi connectivity index (χ1) is 14.2. The van der Waals surface area contributed by atoms with Crippen LogP contribution in [0.4, 0.5) is 0 Å². The molecule has 6 nitrogen and oxygen atoms in total. The summed E-state index contributed by atoms with van der Waals surface area (Å²) in [5.74, 6) is 0.286. The number of imide groups is 1. The van der Waals surface area contributed by atoms with E-state index in [1.165, 1.54) is 4.90 Å². The van der Waals surface area contributed by atoms with Crippen LogP contribution in [-0.2, 0) is 16.1 Å². The smallest absolute Gasteiger partial charge is 0.278 e. The van der Waals surface area contributed by atoms with Crippen LogP contribution >= 0.6 is 0 Å². The zero-order valence-corrected chi connectivity index (χ0v) is 16.6. The van der Waals surface area contributed by atoms with E-state index >= 15 is 0 Å². The Morgan fingerprint density at radius 2 is 1.76 bits per heavy atom. The molecule has 1 aromatic heterocycles. The zero-order valence-electron chi connectivity index (χ0n) is 16.6. The fraction of sp³-hybridized carbons (Fsp3) is 0.348. The van der Waals surface area contributed by atoms with Crippen LogP contribution in [0, 0.1) is 0 Å². The van der Waals surface area contributed by atoms with E-state index in [0.29, 0.717) is 17.9 Å². The van der Waals surface area contributed by atoms with Crippen molar-refractivity contribution < 1.29 is 14.3 Å². The topological polar surface area (TPSA) is 62.7 Å². The zero-order chi connectivity index (χ0) is 20.2. The van der Waals surface area contributed by atoms with Gasteiger partial charge in [-0.05, 0) is 55.5 Å². The Morgan fingerprint density at radius 1 is 1.00 bits per heavy atom. The Balaban J connectivity index is 1.70. The van der Waals surface area contributed by atoms with Gasteiger partial charge >= 0.3 is 0 Å². The summed E-state index contributed by atoms with van der Waals surface area (Å²) in [7, 11) is 0. The van der Waals surface area contributed by atoms with Crippen molar-refractivity contribution in [1.82, 2.24) is 14.8 Å². The number of likely N-dealkylation sites (tertiary alicyclic amines) is 1. The standard InChI is InChI=1S/C23H25N3O3/c1-2-29-19-10-8-18(9-11-19)20-21(25-13-4-3-5-14-25)23(28)26(22(20)27)16-17-7-6-12-24-15-17/h6-12,15H,2-5,13-14,16H2,1H3. The third-order valence-corrected chi connectivity index (χ3v) is 5.33. The van der Waals surface area contributed by atoms with Gasteiger partial charge in [0.2, 0.25) is 0 Å². The predicted molar refractivity (Wildman–Crippen MR) is 110 cm³/mol. The Hall–Kier alpha value is -3.15. The molecule has 0 N–H and O–H groups in total. The molecule has 0 unspecified atom stereocenters. The molecule has 0 spiro atoms. The fourth-order valence-corrected chi connectivity index (χ4v) is 3.94. The van der Waals surface area contributed by atoms with Gasteiger partial charge in [0.25, 0.3) is 11.8 Å². The van der Waals surface area contributed by atoms with Crippen molar-refractivity contribution in [2.24, 2.45) is 0 Å². The van der Waals surface area contributed by atoms with Gasteiger partial charge in [0.1, 0.15) is 11.4 Å². The van der Waals surface area contributed by atoms with Gasteiger partial charge < -0.3 is 9.64 Å². The third kappa shape index (κ3) is 3.88. The molecule has 0 radical (unpaired) electrons. The number of piperidine rings is 1. The normalized spacial score (nSPS) is 17.3. The molecular formula is C23H25N3O3. The molecule has 2 aromatic rings. The van der Waals surface area contributed by atoms with Crippen LogP contribution in [0.5, 0.6) is 5.75 Å². The van der Waals surface area contributed by atoms with Crippen molar-refractivity contribution in [3.63, 3.8) is 0 Å². The van der Waals surface area contributed by atoms with Crippen molar-refractivity contribution in [3.05, 3.63) is 65.6 Å². The molecule has 0 atom stereocenters. The summed E-state index contributed by atoms with van der Waals surface area (Å²) < 4.78 is 5.52. The minimum Gasteiger partial charge on any atom is -0.494 e. The molecule has 2 amide bonds. The second-order valence-electron chi connectivity index (χ2n) is 7.29. The van der Waals surface area contributed by atoms with Gasteiger partial charge in [-0.3, -0.25) is 19.5 Å². The molecule has 1 aromatic carbocycles. The minimum atomic E-state index is -0.247. The lowest BCUT2D eigenvalue weighted by atomic mass is 10.0. The van der Waals surface area contributed by atoms with Crippen molar-refractivity contribution in [3.8, 4) is 5.75 Å². The quantitative estimate of drug-likeness (QED) is 0.708. The molecule has 4 rings (SSSR count). The largest absolute Gasteiger partial charge is 0.494 e. The highest BCUT2D eigenvalue weighted by Crippen LogP contribution is 2.34. The molecule has 2 aliphatic rings. The molecule has 29 heavy (non-hydrogen) atoms. The third-order valence-electron chi connectivity index (χ3n) is 5.33. The van der Waals surface area contributed by atoms with E-state index in [1.807, 2.05) is 43.3 Å². The Labute approximate surface area is 170 Å². The number of benzene rings is 1. The van der Waals surface area contributed by atoms with Crippen LogP contribution in [0.2, 0.25) is 0 Å². The Kier molecular flexibility index (Phi) is 5.60. The lowest BCUT2D eigenvalue weighted by Crippen LogP contribution is -2.36. The number of aromatic nitrogens is 1. The van der Waals surface area contributed by atoms with Crippen molar-refractivity contribution in [2.45, 2.75) is 32.7 Å². The molecule has 1 fully saturated rings. The van der Waals surface area contributed by atoms with Gasteiger partial charge in [-0.2, -0.15) is 0 Å². The highest BCUT2D eigenvalue weighted by Gasteiger charge is 2.41. The van der Waals surface area contributed by atoms with Gasteiger partial charge in [-0.15, -0.1) is 0 Å². The second kappa shape index (κ2) is 8.47. The molecule has 0 bridgehead atoms. The van der Waals surface area contributed by atoms with Crippen LogP contribution < -0.4 is 4.74 Å². The van der Waals surface area contributed by atoms with E-state index in [4.69, 9.17) is 4.74 Å². The summed E-state index contributed by atoms with van der Waals surface area (Å²) in [4.78, 5) is 34.2. The summed E-state index contributed by atoms with van der Waals surface area (Å²) >= 11 is 0. The van der Waals surface area contributed by atoms with E-state index in [1.54, 1.807) is 12.4 Å². The van der Waals surface area contributed by atoms with Crippen LogP contribution in [0.1, 0.15) is 37.3 Å². The highest BCUT2D eigenvalue weighted by atomic mass is 16.5. The van der Waals surface area contributed by atoms with Crippen LogP contribution in [-0.4, -0.2) is 46.3 Å². The first-order valence-electron chi connectivity index (χ1n) is 10.2. The summed E-state index contributed by atoms with van der Waals surface area (Å²) in [5.41, 5.74) is 2.60. The van der Waals surface area contributed by atoms with Crippen molar-refractivity contribution >= 4 is 17.4 Å². The number of hydrogen-bond acceptors (Lipinski definition) is 5. The summed E-state index contributed by atoms with van der Waals surface area (Å²) in [6, 6.07) is 11.1. The van der Waals surface area contributed by atoms with E-state index in [-0.39, 0.29) is 18.4 Å². The molecule has 3 heterocycles. The Morgan fingerprint density at radius 3 is 2.41 bits per heavy atom. The SMILES string of the molecule is CCOc1ccc(C2=C(N3CCCCC3)C(=O)N(Cc3cccnc3)C2=O)cc1. The van der Waals surface area contributed by atoms with E-state index in [0.717, 1.165) is 49.2 Å². The van der Waals surface area contributed by atoms with Crippen LogP contribution in [0.15, 0.2) is 54.5 Å². The molecule has 1 saturated heterocycles. The number of nitrogens with zero attached hydrogens (tertiary/aromatic N) is 3. The van der Waals surface area contributed by atoms with Crippen LogP contribution in [0.25, 0.3) is 5.57 Å². The number of ether oxygens (including phenoxy) is 1. The number of hydrogen-bond donors (Lipinski definition) is 0. The fourth-order valence-electron chi connectivity index (χ4n) is 3.94. The number of amides is 2. The lowest BCUT2D eigenvalue weighted by Gasteiger charge is -2.29. The van der Waals surface area contributed by atoms with Gasteiger partial charge in [-0.1, -0.05) is 18.2 Å². The number of carbonyl (C=O) groups is 2. The first-order valence-corrected chi connectivity index (χ1v) is 10.2. The molecular weight excluding hydrogens is 366 g/mol. The number of pyridine rings is 1. The molecule has 150 valence electrons. The van der Waals surface area contributed by atoms with Gasteiger partial charge in [0, 0.05) is 25.5 Å². The van der Waals surface area contributed by atoms with E-state index < -0.39 is 0 Å². The van der Waals surface area contributed by atoms with Crippen LogP contribution in [0.3, 0.4) is 0 Å². The first kappa shape index (κ1) is 19.2. The van der Waals surface area contributed by atoms with Gasteiger partial charge in [-0.25, -0.2) is 0 Å². The lowest BCUT2D eigenvalue weighted by molar-refractivity contribution is -0.138. The maximum absolute atomic E-state index is 13.4. The summed E-state index contributed by atoms with van der Waals surface area (Å²) in [6.45, 7) is 4.34. The molecule has 0 aliphatic carbocycles. The predicted octanol–water partition coefficient (Wildman–Crippen LogP) is 3.25. The molecule has 2 aliphatic heterocycles. The maximum Gasteiger partial charge on any atom is 0.278 e. The van der Waals surface area contributed by atoms with E-state index in [2.05, 4.69) is 9.88 Å². The molecule has 6 heteroatoms. The van der Waals surface area contributed by atoms with Gasteiger partial charge in [0.15, 0.2) is 0 Å². The summed E-state index contributed by atoms with van der Waals surface area (Å²) in [6.07, 6.45) is 6.59. The van der Waals surface area contributed by atoms with Crippen molar-refractivity contribution in [1.29, 1.82) is 0 Å².